The van der Waals surface area contributed by atoms with Gasteiger partial charge in [-0.25, -0.2) is 4.90 Å². The fourth-order valence-electron chi connectivity index (χ4n) is 5.47. The van der Waals surface area contributed by atoms with E-state index >= 15 is 0 Å². The van der Waals surface area contributed by atoms with Gasteiger partial charge in [0.15, 0.2) is 11.5 Å². The molecule has 11 heteroatoms. The van der Waals surface area contributed by atoms with Crippen LogP contribution >= 0.6 is 23.1 Å². The van der Waals surface area contributed by atoms with E-state index < -0.39 is 17.1 Å². The molecule has 3 amide bonds. The van der Waals surface area contributed by atoms with Gasteiger partial charge < -0.3 is 14.8 Å². The van der Waals surface area contributed by atoms with Gasteiger partial charge in [-0.05, 0) is 48.9 Å². The van der Waals surface area contributed by atoms with Crippen molar-refractivity contribution in [2.45, 2.75) is 29.7 Å². The van der Waals surface area contributed by atoms with Crippen molar-refractivity contribution in [3.63, 3.8) is 0 Å². The number of aryl methyl sites for hydroxylation is 1. The number of imide groups is 1. The van der Waals surface area contributed by atoms with Crippen molar-refractivity contribution in [1.29, 1.82) is 0 Å². The summed E-state index contributed by atoms with van der Waals surface area (Å²) < 4.78 is 12.4. The third-order valence-electron chi connectivity index (χ3n) is 7.47. The standard InChI is InChI=1S/C31H27N3O6S2/c1-17-9-12-19(13-10-17)32-23(35)16-33-30-27(42-31(33)38)24(18-11-14-21(39-2)22(15-18)40-3)25-26(41-30)29(37)34(28(25)36)20-7-5-4-6-8-20/h4-15,24-26H,16H2,1-3H3,(H,32,35)/t24-,25?,26?/m1/s1. The van der Waals surface area contributed by atoms with E-state index in [2.05, 4.69) is 5.32 Å². The van der Waals surface area contributed by atoms with Gasteiger partial charge in [0.2, 0.25) is 17.7 Å². The molecule has 0 bridgehead atoms. The molecule has 9 nitrogen and oxygen atoms in total. The van der Waals surface area contributed by atoms with Crippen molar-refractivity contribution in [2.24, 2.45) is 5.92 Å². The SMILES string of the molecule is COc1ccc([C@H]2c3sc(=O)n(CC(=O)Nc4ccc(C)cc4)c3SC3C(=O)N(c4ccccc4)C(=O)C32)cc1OC. The Bertz CT molecular complexity index is 1750. The van der Waals surface area contributed by atoms with Crippen LogP contribution in [0.4, 0.5) is 11.4 Å². The summed E-state index contributed by atoms with van der Waals surface area (Å²) in [6.07, 6.45) is 0. The molecule has 1 fully saturated rings. The third-order valence-corrected chi connectivity index (χ3v) is 10.1. The fourth-order valence-corrected chi connectivity index (χ4v) is 8.25. The number of aromatic nitrogens is 1. The van der Waals surface area contributed by atoms with Gasteiger partial charge in [0.1, 0.15) is 11.8 Å². The van der Waals surface area contributed by atoms with Crippen LogP contribution < -0.4 is 24.6 Å². The molecule has 1 saturated heterocycles. The number of rotatable bonds is 7. The number of para-hydroxylation sites is 1. The second-order valence-corrected chi connectivity index (χ2v) is 12.2. The highest BCUT2D eigenvalue weighted by atomic mass is 32.2. The molecule has 3 atom stereocenters. The molecule has 2 aliphatic rings. The molecular weight excluding hydrogens is 574 g/mol. The van der Waals surface area contributed by atoms with Gasteiger partial charge >= 0.3 is 4.87 Å². The maximum atomic E-state index is 14.0. The lowest BCUT2D eigenvalue weighted by molar-refractivity contribution is -0.122. The number of anilines is 2. The van der Waals surface area contributed by atoms with E-state index in [-0.39, 0.29) is 29.1 Å². The smallest absolute Gasteiger partial charge is 0.308 e. The summed E-state index contributed by atoms with van der Waals surface area (Å²) in [5, 5.41) is 2.57. The molecule has 0 spiro atoms. The van der Waals surface area contributed by atoms with E-state index in [1.165, 1.54) is 35.4 Å². The molecule has 0 saturated carbocycles. The Morgan fingerprint density at radius 3 is 2.31 bits per heavy atom. The van der Waals surface area contributed by atoms with Crippen LogP contribution in [-0.2, 0) is 20.9 Å². The molecule has 2 aliphatic heterocycles. The number of methoxy groups -OCH3 is 2. The Balaban J connectivity index is 1.43. The van der Waals surface area contributed by atoms with E-state index in [4.69, 9.17) is 9.47 Å². The predicted molar refractivity (Wildman–Crippen MR) is 162 cm³/mol. The molecule has 1 aromatic heterocycles. The largest absolute Gasteiger partial charge is 0.493 e. The molecule has 3 aromatic carbocycles. The number of nitrogens with one attached hydrogen (secondary N) is 1. The summed E-state index contributed by atoms with van der Waals surface area (Å²) >= 11 is 2.17. The zero-order valence-corrected chi connectivity index (χ0v) is 24.7. The minimum absolute atomic E-state index is 0.230. The van der Waals surface area contributed by atoms with Crippen LogP contribution in [-0.4, -0.2) is 41.8 Å². The maximum Gasteiger partial charge on any atom is 0.308 e. The van der Waals surface area contributed by atoms with Crippen molar-refractivity contribution < 1.29 is 23.9 Å². The summed E-state index contributed by atoms with van der Waals surface area (Å²) in [5.74, 6) is -1.46. The predicted octanol–water partition coefficient (Wildman–Crippen LogP) is 4.67. The number of nitrogens with zero attached hydrogens (tertiary/aromatic N) is 2. The van der Waals surface area contributed by atoms with Crippen LogP contribution in [0.1, 0.15) is 21.9 Å². The highest BCUT2D eigenvalue weighted by Crippen LogP contribution is 2.54. The molecule has 0 aliphatic carbocycles. The van der Waals surface area contributed by atoms with Crippen LogP contribution in [0.2, 0.25) is 0 Å². The highest BCUT2D eigenvalue weighted by molar-refractivity contribution is 8.00. The van der Waals surface area contributed by atoms with E-state index in [0.717, 1.165) is 16.9 Å². The van der Waals surface area contributed by atoms with Gasteiger partial charge in [0, 0.05) is 16.5 Å². The van der Waals surface area contributed by atoms with Crippen LogP contribution in [0.5, 0.6) is 11.5 Å². The third kappa shape index (κ3) is 4.78. The summed E-state index contributed by atoms with van der Waals surface area (Å²) in [5.41, 5.74) is 2.88. The highest BCUT2D eigenvalue weighted by Gasteiger charge is 2.57. The van der Waals surface area contributed by atoms with Gasteiger partial charge in [0.25, 0.3) is 0 Å². The van der Waals surface area contributed by atoms with Crippen molar-refractivity contribution in [3.8, 4) is 11.5 Å². The first-order chi connectivity index (χ1) is 20.3. The van der Waals surface area contributed by atoms with Gasteiger partial charge in [-0.2, -0.15) is 0 Å². The van der Waals surface area contributed by atoms with Gasteiger partial charge in [0.05, 0.1) is 30.9 Å². The number of hydrogen-bond acceptors (Lipinski definition) is 8. The lowest BCUT2D eigenvalue weighted by Crippen LogP contribution is -2.33. The Labute approximate surface area is 250 Å². The van der Waals surface area contributed by atoms with Gasteiger partial charge in [-0.15, -0.1) is 0 Å². The number of carbonyl (C=O) groups excluding carboxylic acids is 3. The average molecular weight is 602 g/mol. The first kappa shape index (κ1) is 27.8. The number of carbonyl (C=O) groups is 3. The normalized spacial score (nSPS) is 19.3. The molecule has 1 N–H and O–H groups in total. The van der Waals surface area contributed by atoms with E-state index in [9.17, 15) is 19.2 Å². The number of thioether (sulfide) groups is 1. The Morgan fingerprint density at radius 1 is 0.905 bits per heavy atom. The van der Waals surface area contributed by atoms with E-state index in [1.54, 1.807) is 48.5 Å². The zero-order valence-electron chi connectivity index (χ0n) is 23.0. The number of benzene rings is 3. The molecule has 3 heterocycles. The van der Waals surface area contributed by atoms with Gasteiger partial charge in [-0.3, -0.25) is 23.7 Å². The minimum atomic E-state index is -0.788. The van der Waals surface area contributed by atoms with Crippen molar-refractivity contribution in [2.75, 3.05) is 24.4 Å². The van der Waals surface area contributed by atoms with Gasteiger partial charge in [-0.1, -0.05) is 65.1 Å². The van der Waals surface area contributed by atoms with Crippen LogP contribution in [0.25, 0.3) is 0 Å². The Morgan fingerprint density at radius 2 is 1.62 bits per heavy atom. The summed E-state index contributed by atoms with van der Waals surface area (Å²) in [6.45, 7) is 1.72. The van der Waals surface area contributed by atoms with Crippen LogP contribution in [0, 0.1) is 12.8 Å². The first-order valence-corrected chi connectivity index (χ1v) is 14.9. The number of ether oxygens (including phenoxy) is 2. The second-order valence-electron chi connectivity index (χ2n) is 10.0. The number of hydrogen-bond donors (Lipinski definition) is 1. The number of fused-ring (bicyclic) bond motifs is 2. The average Bonchev–Trinajstić information content (AvgIpc) is 3.44. The molecule has 2 unspecified atom stereocenters. The Kier molecular flexibility index (Phi) is 7.38. The molecule has 4 aromatic rings. The zero-order chi connectivity index (χ0) is 29.5. The van der Waals surface area contributed by atoms with Crippen molar-refractivity contribution >= 4 is 52.2 Å². The molecule has 214 valence electrons. The topological polar surface area (TPSA) is 107 Å². The van der Waals surface area contributed by atoms with Crippen LogP contribution in [0.3, 0.4) is 0 Å². The van der Waals surface area contributed by atoms with E-state index in [0.29, 0.717) is 38.3 Å². The van der Waals surface area contributed by atoms with Crippen molar-refractivity contribution in [1.82, 2.24) is 4.57 Å². The molecular formula is C31H27N3O6S2. The fraction of sp³-hybridized carbons (Fsp3) is 0.226. The summed E-state index contributed by atoms with van der Waals surface area (Å²) in [4.78, 5) is 55.8. The second kappa shape index (κ2) is 11.1. The molecule has 42 heavy (non-hydrogen) atoms. The van der Waals surface area contributed by atoms with Crippen LogP contribution in [0.15, 0.2) is 82.6 Å². The quantitative estimate of drug-likeness (QED) is 0.307. The maximum absolute atomic E-state index is 14.0. The lowest BCUT2D eigenvalue weighted by Gasteiger charge is -2.31. The molecule has 0 radical (unpaired) electrons. The minimum Gasteiger partial charge on any atom is -0.493 e. The number of amides is 3. The van der Waals surface area contributed by atoms with E-state index in [1.807, 2.05) is 31.2 Å². The summed E-state index contributed by atoms with van der Waals surface area (Å²) in [7, 11) is 3.06. The lowest BCUT2D eigenvalue weighted by atomic mass is 9.83. The Hall–Kier alpha value is -4.35. The summed E-state index contributed by atoms with van der Waals surface area (Å²) in [6, 6.07) is 21.5. The van der Waals surface area contributed by atoms with Crippen molar-refractivity contribution in [3.05, 3.63) is 98.5 Å². The number of thiazole rings is 1. The first-order valence-electron chi connectivity index (χ1n) is 13.2. The monoisotopic (exact) mass is 601 g/mol. The molecule has 6 rings (SSSR count).